The van der Waals surface area contributed by atoms with Crippen molar-refractivity contribution in [2.24, 2.45) is 0 Å². The third kappa shape index (κ3) is 5.08. The summed E-state index contributed by atoms with van der Waals surface area (Å²) < 4.78 is 64.0. The molecule has 35 heavy (non-hydrogen) atoms. The van der Waals surface area contributed by atoms with E-state index in [-0.39, 0.29) is 28.1 Å². The highest BCUT2D eigenvalue weighted by Gasteiger charge is 2.25. The number of carbonyl (C=O) groups is 1. The molecule has 0 atom stereocenters. The van der Waals surface area contributed by atoms with Gasteiger partial charge >= 0.3 is 0 Å². The molecule has 0 fully saturated rings. The van der Waals surface area contributed by atoms with Gasteiger partial charge in [0.05, 0.1) is 40.8 Å². The fourth-order valence-electron chi connectivity index (χ4n) is 3.12. The van der Waals surface area contributed by atoms with Gasteiger partial charge in [-0.05, 0) is 18.2 Å². The number of ketones is 1. The number of Topliss-reactive ketones (excluding diaryl/α,β-unsaturated/α-hetero) is 1. The Morgan fingerprint density at radius 2 is 1.86 bits per heavy atom. The molecule has 4 aromatic rings. The van der Waals surface area contributed by atoms with E-state index in [2.05, 4.69) is 19.7 Å². The highest BCUT2D eigenvalue weighted by atomic mass is 35.5. The Labute approximate surface area is 204 Å². The summed E-state index contributed by atoms with van der Waals surface area (Å²) in [5.74, 6) is -2.74. The van der Waals surface area contributed by atoms with Crippen LogP contribution in [0.5, 0.6) is 5.88 Å². The van der Waals surface area contributed by atoms with Crippen LogP contribution < -0.4 is 9.46 Å². The van der Waals surface area contributed by atoms with Gasteiger partial charge < -0.3 is 9.14 Å². The molecular formula is C22H20ClF2N5O4S. The smallest absolute Gasteiger partial charge is 0.267 e. The van der Waals surface area contributed by atoms with E-state index in [1.165, 1.54) is 43.4 Å². The van der Waals surface area contributed by atoms with Crippen LogP contribution >= 0.6 is 11.6 Å². The van der Waals surface area contributed by atoms with E-state index in [0.717, 1.165) is 18.2 Å². The summed E-state index contributed by atoms with van der Waals surface area (Å²) in [6, 6.07) is 2.91. The van der Waals surface area contributed by atoms with Crippen LogP contribution in [0, 0.1) is 11.6 Å². The van der Waals surface area contributed by atoms with Crippen molar-refractivity contribution in [2.45, 2.75) is 25.7 Å². The molecule has 0 radical (unpaired) electrons. The maximum Gasteiger partial charge on any atom is 0.267 e. The number of nitrogens with one attached hydrogen (secondary N) is 1. The summed E-state index contributed by atoms with van der Waals surface area (Å²) in [6.07, 6.45) is 5.01. The Morgan fingerprint density at radius 1 is 1.14 bits per heavy atom. The normalized spacial score (nSPS) is 11.1. The first-order valence-corrected chi connectivity index (χ1v) is 12.0. The summed E-state index contributed by atoms with van der Waals surface area (Å²) in [5.41, 5.74) is -0.755. The largest absolute Gasteiger partial charge is 0.480 e. The van der Waals surface area contributed by atoms with E-state index in [4.69, 9.17) is 16.3 Å². The molecule has 184 valence electrons. The molecule has 1 N–H and O–H groups in total. The summed E-state index contributed by atoms with van der Waals surface area (Å²) in [4.78, 5) is 23.0. The molecule has 3 heterocycles. The average Bonchev–Trinajstić information content (AvgIpc) is 3.26. The number of sulfonamides is 1. The van der Waals surface area contributed by atoms with E-state index in [9.17, 15) is 17.6 Å². The van der Waals surface area contributed by atoms with E-state index in [1.807, 2.05) is 13.8 Å². The lowest BCUT2D eigenvalue weighted by Gasteiger charge is -2.14. The number of fused-ring (bicyclic) bond motifs is 1. The number of hydrogen-bond acceptors (Lipinski definition) is 7. The van der Waals surface area contributed by atoms with E-state index in [1.54, 1.807) is 0 Å². The number of ether oxygens (including phenoxy) is 1. The first-order valence-electron chi connectivity index (χ1n) is 10.2. The highest BCUT2D eigenvalue weighted by molar-refractivity contribution is 7.92. The van der Waals surface area contributed by atoms with Crippen LogP contribution in [0.3, 0.4) is 0 Å². The van der Waals surface area contributed by atoms with Crippen molar-refractivity contribution in [3.05, 3.63) is 65.5 Å². The number of benzene rings is 1. The maximum atomic E-state index is 15.3. The number of methoxy groups -OCH3 is 1. The Kier molecular flexibility index (Phi) is 7.66. The van der Waals surface area contributed by atoms with Crippen LogP contribution in [-0.2, 0) is 10.0 Å². The van der Waals surface area contributed by atoms with E-state index in [0.29, 0.717) is 5.52 Å². The number of anilines is 1. The molecule has 0 aliphatic heterocycles. The molecule has 1 aromatic carbocycles. The topological polar surface area (TPSA) is 116 Å². The van der Waals surface area contributed by atoms with Crippen LogP contribution in [0.25, 0.3) is 16.8 Å². The predicted octanol–water partition coefficient (Wildman–Crippen LogP) is 4.76. The van der Waals surface area contributed by atoms with Gasteiger partial charge in [0.2, 0.25) is 5.88 Å². The number of rotatable bonds is 6. The lowest BCUT2D eigenvalue weighted by atomic mass is 10.1. The molecular weight excluding hydrogens is 504 g/mol. The van der Waals surface area contributed by atoms with Gasteiger partial charge in [0.1, 0.15) is 17.8 Å². The molecule has 0 aliphatic rings. The number of carbonyl (C=O) groups excluding carboxylic acids is 1. The highest BCUT2D eigenvalue weighted by Crippen LogP contribution is 2.32. The minimum atomic E-state index is -4.41. The Morgan fingerprint density at radius 3 is 2.51 bits per heavy atom. The second-order valence-corrected chi connectivity index (χ2v) is 8.85. The molecule has 0 spiro atoms. The number of nitrogens with zero attached hydrogens (tertiary/aromatic N) is 4. The fraction of sp³-hybridized carbons (Fsp3) is 0.182. The molecule has 0 unspecified atom stereocenters. The first-order chi connectivity index (χ1) is 16.6. The van der Waals surface area contributed by atoms with Crippen LogP contribution in [0.4, 0.5) is 14.5 Å². The molecule has 4 rings (SSSR count). The van der Waals surface area contributed by atoms with Crippen molar-refractivity contribution in [1.29, 1.82) is 0 Å². The quantitative estimate of drug-likeness (QED) is 0.362. The lowest BCUT2D eigenvalue weighted by Crippen LogP contribution is -2.16. The standard InChI is InChI=1S/C20H14ClF2N5O4S.C2H6/c1-10(29)19-15-7-24-14(8-28(15)9-26-19)17-12(22)3-4-13(18(17)23)27-33(30,31)16-5-11(21)6-25-20(16)32-2;1-2/h3-9,27H,1-2H3;1-2H3. The maximum absolute atomic E-state index is 15.3. The summed E-state index contributed by atoms with van der Waals surface area (Å²) in [6.45, 7) is 5.33. The van der Waals surface area contributed by atoms with Gasteiger partial charge in [0, 0.05) is 19.3 Å². The van der Waals surface area contributed by atoms with Crippen molar-refractivity contribution in [2.75, 3.05) is 11.8 Å². The monoisotopic (exact) mass is 523 g/mol. The number of pyridine rings is 1. The van der Waals surface area contributed by atoms with Crippen LogP contribution in [0.15, 0.2) is 48.0 Å². The van der Waals surface area contributed by atoms with Gasteiger partial charge in [-0.3, -0.25) is 14.5 Å². The molecule has 0 saturated heterocycles. The van der Waals surface area contributed by atoms with Crippen LogP contribution in [0.1, 0.15) is 31.3 Å². The first kappa shape index (κ1) is 26.0. The van der Waals surface area contributed by atoms with Crippen molar-refractivity contribution in [3.8, 4) is 17.1 Å². The fourth-order valence-corrected chi connectivity index (χ4v) is 4.54. The molecule has 13 heteroatoms. The van der Waals surface area contributed by atoms with Crippen LogP contribution in [0.2, 0.25) is 5.02 Å². The lowest BCUT2D eigenvalue weighted by molar-refractivity contribution is 0.101. The second-order valence-electron chi connectivity index (χ2n) is 6.76. The average molecular weight is 524 g/mol. The summed E-state index contributed by atoms with van der Waals surface area (Å²) in [7, 11) is -3.20. The second kappa shape index (κ2) is 10.3. The summed E-state index contributed by atoms with van der Waals surface area (Å²) in [5, 5.41) is 0.0132. The van der Waals surface area contributed by atoms with E-state index >= 15 is 4.39 Å². The number of aromatic nitrogens is 4. The van der Waals surface area contributed by atoms with Gasteiger partial charge in [0.25, 0.3) is 10.0 Å². The third-order valence-electron chi connectivity index (χ3n) is 4.61. The summed E-state index contributed by atoms with van der Waals surface area (Å²) >= 11 is 5.84. The van der Waals surface area contributed by atoms with Crippen molar-refractivity contribution >= 4 is 38.6 Å². The van der Waals surface area contributed by atoms with Crippen LogP contribution in [-0.4, -0.2) is 40.7 Å². The van der Waals surface area contributed by atoms with E-state index < -0.39 is 37.8 Å². The number of halogens is 3. The van der Waals surface area contributed by atoms with Gasteiger partial charge in [0.15, 0.2) is 16.5 Å². The van der Waals surface area contributed by atoms with Gasteiger partial charge in [-0.2, -0.15) is 0 Å². The third-order valence-corrected chi connectivity index (χ3v) is 6.18. The number of hydrogen-bond donors (Lipinski definition) is 1. The molecule has 0 bridgehead atoms. The SMILES string of the molecule is CC.COc1ncc(Cl)cc1S(=O)(=O)Nc1ccc(F)c(-c2cn3cnc(C(C)=O)c3cn2)c1F. The Balaban J connectivity index is 0.00000167. The number of imidazole rings is 1. The Hall–Kier alpha value is -3.64. The predicted molar refractivity (Wildman–Crippen MR) is 126 cm³/mol. The van der Waals surface area contributed by atoms with Gasteiger partial charge in [-0.1, -0.05) is 25.4 Å². The minimum absolute atomic E-state index is 0.0132. The zero-order valence-corrected chi connectivity index (χ0v) is 20.6. The van der Waals surface area contributed by atoms with Gasteiger partial charge in [-0.15, -0.1) is 0 Å². The minimum Gasteiger partial charge on any atom is -0.480 e. The molecule has 0 saturated carbocycles. The zero-order chi connectivity index (χ0) is 25.9. The zero-order valence-electron chi connectivity index (χ0n) is 19.0. The van der Waals surface area contributed by atoms with Crippen molar-refractivity contribution in [1.82, 2.24) is 19.4 Å². The molecule has 0 amide bonds. The molecule has 9 nitrogen and oxygen atoms in total. The molecule has 0 aliphatic carbocycles. The van der Waals surface area contributed by atoms with Crippen molar-refractivity contribution < 1.29 is 26.7 Å². The Bertz CT molecular complexity index is 1530. The van der Waals surface area contributed by atoms with Crippen molar-refractivity contribution in [3.63, 3.8) is 0 Å². The van der Waals surface area contributed by atoms with Gasteiger partial charge in [-0.25, -0.2) is 27.2 Å². The molecule has 3 aromatic heterocycles.